The fraction of sp³-hybridized carbons (Fsp3) is 0.600. The number of terminal acetylenes is 1. The highest BCUT2D eigenvalue weighted by atomic mass is 79.9. The van der Waals surface area contributed by atoms with Crippen molar-refractivity contribution in [1.29, 1.82) is 0 Å². The molecule has 18 heavy (non-hydrogen) atoms. The predicted molar refractivity (Wildman–Crippen MR) is 82.3 cm³/mol. The lowest BCUT2D eigenvalue weighted by molar-refractivity contribution is 0.00940. The van der Waals surface area contributed by atoms with Gasteiger partial charge in [-0.1, -0.05) is 47.0 Å². The van der Waals surface area contributed by atoms with E-state index in [9.17, 15) is 0 Å². The van der Waals surface area contributed by atoms with Crippen LogP contribution in [0, 0.1) is 12.3 Å². The lowest BCUT2D eigenvalue weighted by atomic mass is 10.0. The van der Waals surface area contributed by atoms with Crippen molar-refractivity contribution in [1.82, 2.24) is 0 Å². The highest BCUT2D eigenvalue weighted by molar-refractivity contribution is 9.09. The van der Waals surface area contributed by atoms with E-state index in [2.05, 4.69) is 40.9 Å². The molecule has 0 N–H and O–H groups in total. The summed E-state index contributed by atoms with van der Waals surface area (Å²) >= 11 is 10.1. The van der Waals surface area contributed by atoms with Crippen molar-refractivity contribution in [3.8, 4) is 12.3 Å². The Kier molecular flexibility index (Phi) is 7.74. The molecule has 0 aromatic heterocycles. The number of alkyl halides is 2. The summed E-state index contributed by atoms with van der Waals surface area (Å²) in [6.45, 7) is 2.14. The van der Waals surface area contributed by atoms with Gasteiger partial charge in [-0.25, -0.2) is 0 Å². The van der Waals surface area contributed by atoms with Gasteiger partial charge in [-0.3, -0.25) is 0 Å². The summed E-state index contributed by atoms with van der Waals surface area (Å²) < 4.78 is 6.12. The number of hydrogen-bond acceptors (Lipinski definition) is 1. The summed E-state index contributed by atoms with van der Waals surface area (Å²) in [6, 6.07) is 0. The lowest BCUT2D eigenvalue weighted by Gasteiger charge is -2.29. The van der Waals surface area contributed by atoms with Crippen LogP contribution in [-0.2, 0) is 4.74 Å². The predicted octanol–water partition coefficient (Wildman–Crippen LogP) is 4.45. The minimum absolute atomic E-state index is 0.0258. The Labute approximate surface area is 124 Å². The van der Waals surface area contributed by atoms with Gasteiger partial charge in [0.1, 0.15) is 0 Å². The lowest BCUT2D eigenvalue weighted by Crippen LogP contribution is -2.34. The maximum absolute atomic E-state index is 6.39. The normalized spacial score (nSPS) is 32.4. The Balaban J connectivity index is 2.70. The zero-order valence-corrected chi connectivity index (χ0v) is 13.0. The van der Waals surface area contributed by atoms with E-state index in [0.29, 0.717) is 4.83 Å². The van der Waals surface area contributed by atoms with E-state index >= 15 is 0 Å². The molecule has 0 bridgehead atoms. The van der Waals surface area contributed by atoms with Crippen LogP contribution in [0.25, 0.3) is 0 Å². The topological polar surface area (TPSA) is 9.23 Å². The zero-order valence-electron chi connectivity index (χ0n) is 10.7. The third-order valence-corrected chi connectivity index (χ3v) is 4.67. The number of hydrogen-bond donors (Lipinski definition) is 0. The third kappa shape index (κ3) is 5.18. The Bertz CT molecular complexity index is 332. The van der Waals surface area contributed by atoms with E-state index in [1.54, 1.807) is 6.08 Å². The fourth-order valence-electron chi connectivity index (χ4n) is 1.92. The van der Waals surface area contributed by atoms with Crippen molar-refractivity contribution in [3.05, 3.63) is 24.3 Å². The SMILES string of the molecule is C#C/C=C/CC1OC(C(Br)CC)/C=C\CCC1Cl. The average Bonchev–Trinajstić information content (AvgIpc) is 2.37. The molecule has 3 heteroatoms. The van der Waals surface area contributed by atoms with Crippen molar-refractivity contribution < 1.29 is 4.74 Å². The minimum atomic E-state index is 0.0258. The van der Waals surface area contributed by atoms with Crippen LogP contribution in [-0.4, -0.2) is 22.4 Å². The molecule has 1 aliphatic rings. The minimum Gasteiger partial charge on any atom is -0.368 e. The van der Waals surface area contributed by atoms with Gasteiger partial charge >= 0.3 is 0 Å². The summed E-state index contributed by atoms with van der Waals surface area (Å²) in [7, 11) is 0. The first-order chi connectivity index (χ1) is 8.69. The Hall–Kier alpha value is -0.230. The molecule has 0 radical (unpaired) electrons. The van der Waals surface area contributed by atoms with Crippen LogP contribution in [0.1, 0.15) is 32.6 Å². The Morgan fingerprint density at radius 2 is 2.44 bits per heavy atom. The Morgan fingerprint density at radius 1 is 1.67 bits per heavy atom. The molecule has 100 valence electrons. The van der Waals surface area contributed by atoms with E-state index < -0.39 is 0 Å². The monoisotopic (exact) mass is 330 g/mol. The summed E-state index contributed by atoms with van der Waals surface area (Å²) in [4.78, 5) is 0.329. The quantitative estimate of drug-likeness (QED) is 0.420. The van der Waals surface area contributed by atoms with E-state index in [4.69, 9.17) is 22.8 Å². The maximum Gasteiger partial charge on any atom is 0.0885 e. The first-order valence-corrected chi connectivity index (χ1v) is 7.75. The summed E-state index contributed by atoms with van der Waals surface area (Å²) in [5, 5.41) is 0.0384. The highest BCUT2D eigenvalue weighted by Crippen LogP contribution is 2.25. The summed E-state index contributed by atoms with van der Waals surface area (Å²) in [5.41, 5.74) is 0. The van der Waals surface area contributed by atoms with Crippen LogP contribution >= 0.6 is 27.5 Å². The van der Waals surface area contributed by atoms with Gasteiger partial charge in [-0.2, -0.15) is 0 Å². The van der Waals surface area contributed by atoms with E-state index in [-0.39, 0.29) is 17.6 Å². The number of halogens is 2. The van der Waals surface area contributed by atoms with Gasteiger partial charge in [0.15, 0.2) is 0 Å². The highest BCUT2D eigenvalue weighted by Gasteiger charge is 2.26. The molecule has 4 unspecified atom stereocenters. The van der Waals surface area contributed by atoms with Crippen LogP contribution in [0.15, 0.2) is 24.3 Å². The molecule has 0 aromatic rings. The van der Waals surface area contributed by atoms with Crippen LogP contribution in [0.3, 0.4) is 0 Å². The molecule has 0 aliphatic carbocycles. The Morgan fingerprint density at radius 3 is 3.11 bits per heavy atom. The molecule has 1 nitrogen and oxygen atoms in total. The number of allylic oxidation sites excluding steroid dienone is 2. The molecule has 0 saturated heterocycles. The zero-order chi connectivity index (χ0) is 13.4. The first kappa shape index (κ1) is 15.8. The van der Waals surface area contributed by atoms with Crippen molar-refractivity contribution in [2.45, 2.75) is 55.0 Å². The number of rotatable bonds is 4. The smallest absolute Gasteiger partial charge is 0.0885 e. The molecule has 1 heterocycles. The van der Waals surface area contributed by atoms with Crippen LogP contribution < -0.4 is 0 Å². The van der Waals surface area contributed by atoms with Gasteiger partial charge in [0.25, 0.3) is 0 Å². The summed E-state index contributed by atoms with van der Waals surface area (Å²) in [6.07, 6.45) is 17.0. The van der Waals surface area contributed by atoms with Crippen molar-refractivity contribution in [3.63, 3.8) is 0 Å². The average molecular weight is 332 g/mol. The molecule has 1 aliphatic heterocycles. The molecule has 0 spiro atoms. The van der Waals surface area contributed by atoms with Crippen LogP contribution in [0.2, 0.25) is 0 Å². The van der Waals surface area contributed by atoms with Crippen molar-refractivity contribution in [2.24, 2.45) is 0 Å². The standard InChI is InChI=1S/C15H20BrClO/c1-3-5-6-11-15-13(17)9-7-8-10-14(18-15)12(16)4-2/h1,5-6,8,10,12-15H,4,7,9,11H2,2H3/b6-5+,10-8-. The largest absolute Gasteiger partial charge is 0.368 e. The van der Waals surface area contributed by atoms with Gasteiger partial charge < -0.3 is 4.74 Å². The molecular weight excluding hydrogens is 312 g/mol. The fourth-order valence-corrected chi connectivity index (χ4v) is 2.50. The molecule has 0 saturated carbocycles. The molecule has 0 fully saturated rings. The van der Waals surface area contributed by atoms with Gasteiger partial charge in [-0.15, -0.1) is 18.0 Å². The summed E-state index contributed by atoms with van der Waals surface area (Å²) in [5.74, 6) is 2.49. The van der Waals surface area contributed by atoms with Gasteiger partial charge in [0.2, 0.25) is 0 Å². The molecular formula is C15H20BrClO. The molecule has 1 rings (SSSR count). The third-order valence-electron chi connectivity index (χ3n) is 3.00. The van der Waals surface area contributed by atoms with E-state index in [1.165, 1.54) is 0 Å². The van der Waals surface area contributed by atoms with Gasteiger partial charge in [0.05, 0.1) is 17.6 Å². The van der Waals surface area contributed by atoms with Gasteiger partial charge in [0, 0.05) is 4.83 Å². The van der Waals surface area contributed by atoms with Gasteiger partial charge in [-0.05, 0) is 31.8 Å². The molecule has 0 amide bonds. The second-order valence-corrected chi connectivity index (χ2v) is 6.13. The second kappa shape index (κ2) is 8.80. The van der Waals surface area contributed by atoms with Crippen LogP contribution in [0.4, 0.5) is 0 Å². The first-order valence-electron chi connectivity index (χ1n) is 6.40. The van der Waals surface area contributed by atoms with Crippen LogP contribution in [0.5, 0.6) is 0 Å². The molecule has 4 atom stereocenters. The van der Waals surface area contributed by atoms with Crippen molar-refractivity contribution in [2.75, 3.05) is 0 Å². The van der Waals surface area contributed by atoms with E-state index in [0.717, 1.165) is 25.7 Å². The second-order valence-electron chi connectivity index (χ2n) is 4.39. The van der Waals surface area contributed by atoms with Crippen molar-refractivity contribution >= 4 is 27.5 Å². The maximum atomic E-state index is 6.39. The number of ether oxygens (including phenoxy) is 1. The molecule has 0 aromatic carbocycles. The van der Waals surface area contributed by atoms with E-state index in [1.807, 2.05) is 6.08 Å².